The molecule has 1 saturated carbocycles. The van der Waals surface area contributed by atoms with Gasteiger partial charge in [-0.05, 0) is 67.3 Å². The molecule has 3 heteroatoms. The molecular formula is C30H33FN2. The van der Waals surface area contributed by atoms with Crippen molar-refractivity contribution in [3.63, 3.8) is 0 Å². The molecule has 1 aliphatic carbocycles. The van der Waals surface area contributed by atoms with Crippen molar-refractivity contribution in [2.24, 2.45) is 5.92 Å². The highest BCUT2D eigenvalue weighted by atomic mass is 19.1. The molecule has 170 valence electrons. The van der Waals surface area contributed by atoms with Crippen molar-refractivity contribution in [1.29, 1.82) is 5.26 Å². The van der Waals surface area contributed by atoms with Crippen molar-refractivity contribution >= 4 is 0 Å². The lowest BCUT2D eigenvalue weighted by Gasteiger charge is -2.42. The molecule has 0 aromatic heterocycles. The Labute approximate surface area is 197 Å². The minimum absolute atomic E-state index is 0.246. The number of hydrogen-bond acceptors (Lipinski definition) is 2. The molecule has 0 heterocycles. The summed E-state index contributed by atoms with van der Waals surface area (Å²) in [7, 11) is 0. The molecule has 0 radical (unpaired) electrons. The lowest BCUT2D eigenvalue weighted by Crippen LogP contribution is -2.40. The van der Waals surface area contributed by atoms with E-state index in [9.17, 15) is 9.65 Å². The second-order valence-corrected chi connectivity index (χ2v) is 9.48. The first-order valence-electron chi connectivity index (χ1n) is 12.1. The largest absolute Gasteiger partial charge is 0.292 e. The second-order valence-electron chi connectivity index (χ2n) is 9.48. The van der Waals surface area contributed by atoms with Crippen molar-refractivity contribution in [2.75, 3.05) is 0 Å². The van der Waals surface area contributed by atoms with Crippen LogP contribution >= 0.6 is 0 Å². The van der Waals surface area contributed by atoms with Gasteiger partial charge in [0.05, 0.1) is 11.5 Å². The zero-order chi connectivity index (χ0) is 23.1. The van der Waals surface area contributed by atoms with Gasteiger partial charge in [-0.1, -0.05) is 79.2 Å². The summed E-state index contributed by atoms with van der Waals surface area (Å²) >= 11 is 0. The van der Waals surface area contributed by atoms with Crippen LogP contribution in [0, 0.1) is 23.1 Å². The number of hydrogen-bond donors (Lipinski definition) is 0. The fourth-order valence-corrected chi connectivity index (χ4v) is 5.07. The van der Waals surface area contributed by atoms with Gasteiger partial charge in [0, 0.05) is 19.1 Å². The highest BCUT2D eigenvalue weighted by Crippen LogP contribution is 2.47. The van der Waals surface area contributed by atoms with Crippen LogP contribution < -0.4 is 0 Å². The number of benzene rings is 3. The fraction of sp³-hybridized carbons (Fsp3) is 0.367. The third-order valence-corrected chi connectivity index (χ3v) is 7.40. The molecule has 1 aliphatic rings. The van der Waals surface area contributed by atoms with Crippen LogP contribution in [0.15, 0.2) is 84.9 Å². The molecule has 0 aliphatic heterocycles. The molecule has 3 aromatic rings. The number of halogens is 1. The summed E-state index contributed by atoms with van der Waals surface area (Å²) in [5.41, 5.74) is 3.03. The molecule has 0 spiro atoms. The third-order valence-electron chi connectivity index (χ3n) is 7.40. The fourth-order valence-electron chi connectivity index (χ4n) is 5.07. The molecule has 0 bridgehead atoms. The molecule has 2 nitrogen and oxygen atoms in total. The van der Waals surface area contributed by atoms with E-state index < -0.39 is 5.41 Å². The van der Waals surface area contributed by atoms with Crippen LogP contribution in [-0.4, -0.2) is 10.9 Å². The summed E-state index contributed by atoms with van der Waals surface area (Å²) in [4.78, 5) is 2.51. The Balaban J connectivity index is 1.54. The van der Waals surface area contributed by atoms with Gasteiger partial charge in [0.25, 0.3) is 0 Å². The lowest BCUT2D eigenvalue weighted by molar-refractivity contribution is 0.148. The average molecular weight is 441 g/mol. The Morgan fingerprint density at radius 1 is 0.909 bits per heavy atom. The van der Waals surface area contributed by atoms with Gasteiger partial charge in [-0.3, -0.25) is 4.90 Å². The van der Waals surface area contributed by atoms with Gasteiger partial charge >= 0.3 is 0 Å². The standard InChI is InChI=1S/C30H33FN2/c1-24(33(21-25-9-4-2-5-10-25)22-26-11-6-3-7-12-26)19-20-30(23-32,27-13-8-14-27)28-15-17-29(31)18-16-28/h2-7,9-12,15-18,24,27H,8,13-14,19-22H2,1H3. The summed E-state index contributed by atoms with van der Waals surface area (Å²) in [5, 5.41) is 10.4. The molecule has 0 N–H and O–H groups in total. The predicted octanol–water partition coefficient (Wildman–Crippen LogP) is 7.26. The zero-order valence-corrected chi connectivity index (χ0v) is 19.5. The normalized spacial score (nSPS) is 16.5. The van der Waals surface area contributed by atoms with Crippen molar-refractivity contribution in [3.05, 3.63) is 107 Å². The van der Waals surface area contributed by atoms with Gasteiger partial charge in [-0.25, -0.2) is 4.39 Å². The molecule has 0 amide bonds. The number of nitriles is 1. The predicted molar refractivity (Wildman–Crippen MR) is 132 cm³/mol. The highest BCUT2D eigenvalue weighted by molar-refractivity contribution is 5.35. The number of nitrogens with zero attached hydrogens (tertiary/aromatic N) is 2. The van der Waals surface area contributed by atoms with E-state index in [0.29, 0.717) is 12.0 Å². The smallest absolute Gasteiger partial charge is 0.123 e. The molecule has 2 unspecified atom stereocenters. The minimum Gasteiger partial charge on any atom is -0.292 e. The Bertz CT molecular complexity index is 997. The maximum absolute atomic E-state index is 13.6. The molecular weight excluding hydrogens is 407 g/mol. The Morgan fingerprint density at radius 3 is 1.91 bits per heavy atom. The van der Waals surface area contributed by atoms with E-state index in [1.54, 1.807) is 0 Å². The monoisotopic (exact) mass is 440 g/mol. The molecule has 4 rings (SSSR count). The van der Waals surface area contributed by atoms with Crippen molar-refractivity contribution in [1.82, 2.24) is 4.90 Å². The van der Waals surface area contributed by atoms with E-state index in [4.69, 9.17) is 0 Å². The lowest BCUT2D eigenvalue weighted by atomic mass is 9.60. The molecule has 1 fully saturated rings. The highest BCUT2D eigenvalue weighted by Gasteiger charge is 2.43. The van der Waals surface area contributed by atoms with Crippen LogP contribution in [0.2, 0.25) is 0 Å². The van der Waals surface area contributed by atoms with Crippen LogP contribution in [-0.2, 0) is 18.5 Å². The van der Waals surface area contributed by atoms with Crippen molar-refractivity contribution in [3.8, 4) is 6.07 Å². The van der Waals surface area contributed by atoms with Gasteiger partial charge in [0.2, 0.25) is 0 Å². The van der Waals surface area contributed by atoms with Gasteiger partial charge in [0.1, 0.15) is 5.82 Å². The second kappa shape index (κ2) is 10.8. The van der Waals surface area contributed by atoms with Crippen LogP contribution in [0.1, 0.15) is 55.7 Å². The summed E-state index contributed by atoms with van der Waals surface area (Å²) in [6.45, 7) is 4.02. The van der Waals surface area contributed by atoms with Crippen LogP contribution in [0.25, 0.3) is 0 Å². The third kappa shape index (κ3) is 5.52. The molecule has 3 aromatic carbocycles. The maximum Gasteiger partial charge on any atom is 0.123 e. The van der Waals surface area contributed by atoms with Crippen LogP contribution in [0.4, 0.5) is 4.39 Å². The molecule has 0 saturated heterocycles. The van der Waals surface area contributed by atoms with Crippen LogP contribution in [0.3, 0.4) is 0 Å². The van der Waals surface area contributed by atoms with E-state index in [2.05, 4.69) is 78.6 Å². The van der Waals surface area contributed by atoms with Gasteiger partial charge < -0.3 is 0 Å². The summed E-state index contributed by atoms with van der Waals surface area (Å²) in [6, 6.07) is 30.8. The summed E-state index contributed by atoms with van der Waals surface area (Å²) < 4.78 is 13.6. The average Bonchev–Trinajstić information content (AvgIpc) is 2.82. The van der Waals surface area contributed by atoms with E-state index in [1.165, 1.54) is 29.7 Å². The quantitative estimate of drug-likeness (QED) is 0.332. The maximum atomic E-state index is 13.6. The van der Waals surface area contributed by atoms with Crippen molar-refractivity contribution in [2.45, 2.75) is 63.6 Å². The van der Waals surface area contributed by atoms with Crippen LogP contribution in [0.5, 0.6) is 0 Å². The Morgan fingerprint density at radius 2 is 1.45 bits per heavy atom. The first kappa shape index (κ1) is 23.2. The topological polar surface area (TPSA) is 27.0 Å². The number of rotatable bonds is 10. The molecule has 2 atom stereocenters. The minimum atomic E-state index is -0.536. The zero-order valence-electron chi connectivity index (χ0n) is 19.5. The SMILES string of the molecule is CC(CCC(C#N)(c1ccc(F)cc1)C1CCC1)N(Cc1ccccc1)Cc1ccccc1. The Hall–Kier alpha value is -2.96. The van der Waals surface area contributed by atoms with Gasteiger partial charge in [-0.2, -0.15) is 5.26 Å². The summed E-state index contributed by atoms with van der Waals surface area (Å²) in [5.74, 6) is 0.112. The van der Waals surface area contributed by atoms with Gasteiger partial charge in [0.15, 0.2) is 0 Å². The van der Waals surface area contributed by atoms with Crippen molar-refractivity contribution < 1.29 is 4.39 Å². The van der Waals surface area contributed by atoms with Gasteiger partial charge in [-0.15, -0.1) is 0 Å². The first-order chi connectivity index (χ1) is 16.1. The summed E-state index contributed by atoms with van der Waals surface area (Å²) in [6.07, 6.45) is 5.05. The van der Waals surface area contributed by atoms with E-state index in [0.717, 1.165) is 44.3 Å². The Kier molecular flexibility index (Phi) is 7.57. The van der Waals surface area contributed by atoms with E-state index in [1.807, 2.05) is 12.1 Å². The van der Waals surface area contributed by atoms with E-state index >= 15 is 0 Å². The molecule has 33 heavy (non-hydrogen) atoms. The van der Waals surface area contributed by atoms with E-state index in [-0.39, 0.29) is 5.82 Å². The first-order valence-corrected chi connectivity index (χ1v) is 12.1.